The number of quaternary nitrogens is 1. The van der Waals surface area contributed by atoms with Crippen molar-refractivity contribution in [3.05, 3.63) is 83.9 Å². The number of carbonyl (C=O) groups excluding carboxylic acids is 1. The Labute approximate surface area is 168 Å². The second-order valence-corrected chi connectivity index (χ2v) is 8.03. The number of ketones is 1. The van der Waals surface area contributed by atoms with Crippen LogP contribution in [0.15, 0.2) is 72.8 Å². The molecule has 3 atom stereocenters. The van der Waals surface area contributed by atoms with Crippen molar-refractivity contribution in [1.29, 1.82) is 0 Å². The van der Waals surface area contributed by atoms with E-state index in [4.69, 9.17) is 0 Å². The molecule has 3 heteroatoms. The van der Waals surface area contributed by atoms with E-state index in [9.17, 15) is 9.90 Å². The molecule has 0 radical (unpaired) electrons. The molecule has 0 aliphatic carbocycles. The molecule has 0 amide bonds. The predicted octanol–water partition coefficient (Wildman–Crippen LogP) is 4.20. The molecule has 1 saturated heterocycles. The van der Waals surface area contributed by atoms with Gasteiger partial charge in [0.05, 0.1) is 26.7 Å². The third-order valence-electron chi connectivity index (χ3n) is 5.99. The van der Waals surface area contributed by atoms with Gasteiger partial charge in [-0.25, -0.2) is 0 Å². The number of aliphatic hydroxyl groups is 1. The summed E-state index contributed by atoms with van der Waals surface area (Å²) < 4.78 is 0.803. The average molecular weight is 377 g/mol. The third kappa shape index (κ3) is 4.86. The Morgan fingerprint density at radius 2 is 1.64 bits per heavy atom. The van der Waals surface area contributed by atoms with Gasteiger partial charge >= 0.3 is 0 Å². The fraction of sp³-hybridized carbons (Fsp3) is 0.320. The highest BCUT2D eigenvalue weighted by Crippen LogP contribution is 2.34. The molecule has 1 N–H and O–H groups in total. The highest BCUT2D eigenvalue weighted by molar-refractivity contribution is 5.96. The molecular weight excluding hydrogens is 346 g/mol. The summed E-state index contributed by atoms with van der Waals surface area (Å²) in [5, 5.41) is 11.4. The van der Waals surface area contributed by atoms with Crippen molar-refractivity contribution < 1.29 is 14.4 Å². The van der Waals surface area contributed by atoms with Crippen molar-refractivity contribution in [3.63, 3.8) is 0 Å². The van der Waals surface area contributed by atoms with Gasteiger partial charge < -0.3 is 9.59 Å². The standard InChI is InChI=1S/C25H30NO2/c1-3-26(2)19-18-25(28,17-16-22-12-8-5-9-13-22)23(20-26)24(27)15-14-21-10-6-4-7-11-21/h4-17,23,28H,3,18-20H2,1-2H3/q+1/b15-14+,17-16+/t23-,25-,26?/m0/s1. The summed E-state index contributed by atoms with van der Waals surface area (Å²) >= 11 is 0. The molecule has 2 aromatic rings. The Hall–Kier alpha value is -2.49. The first-order valence-corrected chi connectivity index (χ1v) is 10.0. The molecule has 1 unspecified atom stereocenters. The normalized spacial score (nSPS) is 28.0. The van der Waals surface area contributed by atoms with Gasteiger partial charge in [0, 0.05) is 6.42 Å². The van der Waals surface area contributed by atoms with Crippen LogP contribution in [0.1, 0.15) is 24.5 Å². The highest BCUT2D eigenvalue weighted by atomic mass is 16.3. The number of piperidine rings is 1. The highest BCUT2D eigenvalue weighted by Gasteiger charge is 2.48. The molecule has 3 rings (SSSR count). The number of hydrogen-bond donors (Lipinski definition) is 1. The van der Waals surface area contributed by atoms with Crippen LogP contribution in [0.3, 0.4) is 0 Å². The van der Waals surface area contributed by atoms with Crippen LogP contribution in [0, 0.1) is 5.92 Å². The molecule has 2 aromatic carbocycles. The molecule has 28 heavy (non-hydrogen) atoms. The summed E-state index contributed by atoms with van der Waals surface area (Å²) in [5.74, 6) is -0.465. The Balaban J connectivity index is 1.85. The number of benzene rings is 2. The lowest BCUT2D eigenvalue weighted by atomic mass is 9.76. The van der Waals surface area contributed by atoms with E-state index in [-0.39, 0.29) is 5.78 Å². The minimum absolute atomic E-state index is 0.0124. The van der Waals surface area contributed by atoms with Gasteiger partial charge in [0.1, 0.15) is 11.5 Å². The number of nitrogens with zero attached hydrogens (tertiary/aromatic N) is 1. The molecular formula is C25H30NO2+. The van der Waals surface area contributed by atoms with Crippen molar-refractivity contribution in [3.8, 4) is 0 Å². The molecule has 0 saturated carbocycles. The van der Waals surface area contributed by atoms with Gasteiger partial charge in [0.15, 0.2) is 5.78 Å². The Morgan fingerprint density at radius 3 is 2.21 bits per heavy atom. The van der Waals surface area contributed by atoms with Crippen LogP contribution < -0.4 is 0 Å². The van der Waals surface area contributed by atoms with E-state index >= 15 is 0 Å². The van der Waals surface area contributed by atoms with Gasteiger partial charge in [-0.15, -0.1) is 0 Å². The van der Waals surface area contributed by atoms with Crippen LogP contribution in [0.4, 0.5) is 0 Å². The summed E-state index contributed by atoms with van der Waals surface area (Å²) in [6.45, 7) is 4.60. The summed E-state index contributed by atoms with van der Waals surface area (Å²) in [5.41, 5.74) is 0.893. The maximum Gasteiger partial charge on any atom is 0.167 e. The van der Waals surface area contributed by atoms with Gasteiger partial charge in [-0.2, -0.15) is 0 Å². The zero-order valence-corrected chi connectivity index (χ0v) is 16.8. The van der Waals surface area contributed by atoms with E-state index < -0.39 is 11.5 Å². The van der Waals surface area contributed by atoms with Crippen LogP contribution >= 0.6 is 0 Å². The van der Waals surface area contributed by atoms with Crippen LogP contribution in [0.25, 0.3) is 12.2 Å². The molecule has 0 aromatic heterocycles. The van der Waals surface area contributed by atoms with Gasteiger partial charge in [0.25, 0.3) is 0 Å². The van der Waals surface area contributed by atoms with E-state index in [1.54, 1.807) is 6.08 Å². The third-order valence-corrected chi connectivity index (χ3v) is 5.99. The molecule has 0 bridgehead atoms. The molecule has 1 heterocycles. The van der Waals surface area contributed by atoms with E-state index in [1.165, 1.54) is 0 Å². The first-order valence-electron chi connectivity index (χ1n) is 10.0. The molecule has 3 nitrogen and oxygen atoms in total. The quantitative estimate of drug-likeness (QED) is 0.606. The summed E-state index contributed by atoms with van der Waals surface area (Å²) in [6.07, 6.45) is 7.82. The summed E-state index contributed by atoms with van der Waals surface area (Å²) in [4.78, 5) is 13.1. The van der Waals surface area contributed by atoms with Crippen molar-refractivity contribution in [2.45, 2.75) is 18.9 Å². The minimum atomic E-state index is -1.12. The Morgan fingerprint density at radius 1 is 1.07 bits per heavy atom. The Kier molecular flexibility index (Phi) is 6.28. The zero-order chi connectivity index (χ0) is 20.0. The maximum atomic E-state index is 13.1. The van der Waals surface area contributed by atoms with Crippen LogP contribution in [-0.4, -0.2) is 47.7 Å². The van der Waals surface area contributed by atoms with Crippen LogP contribution in [0.5, 0.6) is 0 Å². The number of allylic oxidation sites excluding steroid dienone is 1. The van der Waals surface area contributed by atoms with Crippen molar-refractivity contribution >= 4 is 17.9 Å². The van der Waals surface area contributed by atoms with E-state index in [0.717, 1.165) is 28.7 Å². The lowest BCUT2D eigenvalue weighted by Gasteiger charge is -2.46. The van der Waals surface area contributed by atoms with Crippen LogP contribution in [-0.2, 0) is 4.79 Å². The monoisotopic (exact) mass is 376 g/mol. The first kappa shape index (κ1) is 20.2. The smallest absolute Gasteiger partial charge is 0.167 e. The van der Waals surface area contributed by atoms with Gasteiger partial charge in [-0.3, -0.25) is 4.79 Å². The number of likely N-dealkylation sites (tertiary alicyclic amines) is 1. The SMILES string of the molecule is CC[N+]1(C)CC[C@@](O)(/C=C/c2ccccc2)[C@H](C(=O)/C=C/c2ccccc2)C1. The largest absolute Gasteiger partial charge is 0.385 e. The molecule has 1 aliphatic rings. The molecule has 0 spiro atoms. The molecule has 146 valence electrons. The zero-order valence-electron chi connectivity index (χ0n) is 16.8. The van der Waals surface area contributed by atoms with Crippen molar-refractivity contribution in [2.24, 2.45) is 5.92 Å². The molecule has 1 aliphatic heterocycles. The average Bonchev–Trinajstić information content (AvgIpc) is 2.74. The fourth-order valence-corrected chi connectivity index (χ4v) is 3.80. The van der Waals surface area contributed by atoms with Crippen molar-refractivity contribution in [1.82, 2.24) is 0 Å². The van der Waals surface area contributed by atoms with Crippen molar-refractivity contribution in [2.75, 3.05) is 26.7 Å². The number of rotatable bonds is 6. The van der Waals surface area contributed by atoms with Gasteiger partial charge in [-0.1, -0.05) is 78.9 Å². The first-order chi connectivity index (χ1) is 13.4. The maximum absolute atomic E-state index is 13.1. The van der Waals surface area contributed by atoms with Crippen LogP contribution in [0.2, 0.25) is 0 Å². The second-order valence-electron chi connectivity index (χ2n) is 8.03. The summed E-state index contributed by atoms with van der Waals surface area (Å²) in [6, 6.07) is 19.7. The van der Waals surface area contributed by atoms with Gasteiger partial charge in [-0.05, 0) is 24.1 Å². The summed E-state index contributed by atoms with van der Waals surface area (Å²) in [7, 11) is 2.17. The molecule has 1 fully saturated rings. The van der Waals surface area contributed by atoms with E-state index in [0.29, 0.717) is 13.0 Å². The predicted molar refractivity (Wildman–Crippen MR) is 115 cm³/mol. The fourth-order valence-electron chi connectivity index (χ4n) is 3.80. The lowest BCUT2D eigenvalue weighted by molar-refractivity contribution is -0.916. The number of carbonyl (C=O) groups is 1. The Bertz CT molecular complexity index is 843. The second kappa shape index (κ2) is 8.68. The number of hydrogen-bond acceptors (Lipinski definition) is 2. The van der Waals surface area contributed by atoms with E-state index in [1.807, 2.05) is 78.9 Å². The van der Waals surface area contributed by atoms with E-state index in [2.05, 4.69) is 14.0 Å². The lowest BCUT2D eigenvalue weighted by Crippen LogP contribution is -2.61. The minimum Gasteiger partial charge on any atom is -0.385 e. The topological polar surface area (TPSA) is 37.3 Å². The van der Waals surface area contributed by atoms with Gasteiger partial charge in [0.2, 0.25) is 0 Å².